The summed E-state index contributed by atoms with van der Waals surface area (Å²) in [6.45, 7) is 12.4. The van der Waals surface area contributed by atoms with Gasteiger partial charge in [0.15, 0.2) is 0 Å². The summed E-state index contributed by atoms with van der Waals surface area (Å²) in [6, 6.07) is 8.03. The molecule has 0 aliphatic heterocycles. The smallest absolute Gasteiger partial charge is 0.148 e. The minimum absolute atomic E-state index is 0. The van der Waals surface area contributed by atoms with E-state index in [2.05, 4.69) is 51.9 Å². The Morgan fingerprint density at radius 2 is 1.76 bits per heavy atom. The van der Waals surface area contributed by atoms with Crippen molar-refractivity contribution in [3.63, 3.8) is 0 Å². The molecule has 2 nitrogen and oxygen atoms in total. The van der Waals surface area contributed by atoms with Crippen LogP contribution in [0.1, 0.15) is 46.6 Å². The number of para-hydroxylation sites is 1. The zero-order valence-corrected chi connectivity index (χ0v) is 14.6. The standard InChI is InChI=1S/C18H27NO.ClH/c1-7-12-20-16-11-9-8-10-15(16)13-19-18(5,6)14-17(2,3)4;/h1,8-11,19H,12-14H2,2-6H3;1H. The van der Waals surface area contributed by atoms with Crippen LogP contribution in [0.25, 0.3) is 0 Å². The summed E-state index contributed by atoms with van der Waals surface area (Å²) in [7, 11) is 0. The molecule has 0 aromatic heterocycles. The van der Waals surface area contributed by atoms with Gasteiger partial charge in [0.1, 0.15) is 12.4 Å². The maximum Gasteiger partial charge on any atom is 0.148 e. The maximum atomic E-state index is 5.58. The lowest BCUT2D eigenvalue weighted by molar-refractivity contribution is 0.239. The van der Waals surface area contributed by atoms with Gasteiger partial charge < -0.3 is 10.1 Å². The lowest BCUT2D eigenvalue weighted by atomic mass is 9.82. The zero-order chi connectivity index (χ0) is 15.2. The summed E-state index contributed by atoms with van der Waals surface area (Å²) in [5, 5.41) is 3.62. The van der Waals surface area contributed by atoms with E-state index in [4.69, 9.17) is 11.2 Å². The molecule has 3 heteroatoms. The summed E-state index contributed by atoms with van der Waals surface area (Å²) < 4.78 is 5.58. The van der Waals surface area contributed by atoms with Crippen molar-refractivity contribution in [3.05, 3.63) is 29.8 Å². The van der Waals surface area contributed by atoms with Crippen molar-refractivity contribution in [2.24, 2.45) is 5.41 Å². The maximum absolute atomic E-state index is 5.58. The topological polar surface area (TPSA) is 21.3 Å². The Bertz CT molecular complexity index is 469. The van der Waals surface area contributed by atoms with E-state index in [1.54, 1.807) is 0 Å². The fourth-order valence-corrected chi connectivity index (χ4v) is 2.63. The summed E-state index contributed by atoms with van der Waals surface area (Å²) in [4.78, 5) is 0. The lowest BCUT2D eigenvalue weighted by Crippen LogP contribution is -2.41. The largest absolute Gasteiger partial charge is 0.481 e. The van der Waals surface area contributed by atoms with Crippen molar-refractivity contribution in [2.75, 3.05) is 6.61 Å². The monoisotopic (exact) mass is 309 g/mol. The first kappa shape index (κ1) is 19.8. The van der Waals surface area contributed by atoms with Crippen LogP contribution in [0.2, 0.25) is 0 Å². The normalized spacial score (nSPS) is 11.4. The molecule has 1 aromatic rings. The van der Waals surface area contributed by atoms with Gasteiger partial charge in [-0.05, 0) is 31.7 Å². The van der Waals surface area contributed by atoms with Crippen LogP contribution in [0.15, 0.2) is 24.3 Å². The van der Waals surface area contributed by atoms with Gasteiger partial charge in [-0.25, -0.2) is 0 Å². The van der Waals surface area contributed by atoms with E-state index in [-0.39, 0.29) is 17.9 Å². The fourth-order valence-electron chi connectivity index (χ4n) is 2.63. The van der Waals surface area contributed by atoms with Gasteiger partial charge in [-0.15, -0.1) is 18.8 Å². The molecule has 0 radical (unpaired) electrons. The van der Waals surface area contributed by atoms with E-state index in [9.17, 15) is 0 Å². The van der Waals surface area contributed by atoms with E-state index >= 15 is 0 Å². The molecule has 0 spiro atoms. The van der Waals surface area contributed by atoms with E-state index in [1.807, 2.05) is 18.2 Å². The molecule has 0 atom stereocenters. The summed E-state index contributed by atoms with van der Waals surface area (Å²) in [5.74, 6) is 3.37. The molecule has 0 unspecified atom stereocenters. The molecule has 0 aliphatic rings. The molecule has 1 aromatic carbocycles. The van der Waals surface area contributed by atoms with Gasteiger partial charge in [0, 0.05) is 17.6 Å². The van der Waals surface area contributed by atoms with Gasteiger partial charge in [-0.3, -0.25) is 0 Å². The Morgan fingerprint density at radius 3 is 2.33 bits per heavy atom. The second kappa shape index (κ2) is 8.32. The van der Waals surface area contributed by atoms with Crippen LogP contribution in [0.3, 0.4) is 0 Å². The number of benzene rings is 1. The summed E-state index contributed by atoms with van der Waals surface area (Å²) in [5.41, 5.74) is 1.53. The van der Waals surface area contributed by atoms with Gasteiger partial charge in [-0.1, -0.05) is 44.9 Å². The van der Waals surface area contributed by atoms with Crippen molar-refractivity contribution >= 4 is 12.4 Å². The Kier molecular flexibility index (Phi) is 7.85. The number of rotatable bonds is 6. The average molecular weight is 310 g/mol. The Morgan fingerprint density at radius 1 is 1.14 bits per heavy atom. The number of hydrogen-bond acceptors (Lipinski definition) is 2. The highest BCUT2D eigenvalue weighted by Gasteiger charge is 2.24. The third kappa shape index (κ3) is 7.99. The minimum atomic E-state index is 0. The molecule has 0 bridgehead atoms. The predicted molar refractivity (Wildman–Crippen MR) is 93.0 cm³/mol. The molecule has 1 rings (SSSR count). The number of halogens is 1. The number of hydrogen-bond donors (Lipinski definition) is 1. The second-order valence-corrected chi connectivity index (χ2v) is 7.08. The van der Waals surface area contributed by atoms with Crippen LogP contribution in [-0.2, 0) is 6.54 Å². The van der Waals surface area contributed by atoms with Crippen molar-refractivity contribution < 1.29 is 4.74 Å². The van der Waals surface area contributed by atoms with E-state index in [0.29, 0.717) is 12.0 Å². The Balaban J connectivity index is 0.00000400. The molecule has 0 fully saturated rings. The molecule has 21 heavy (non-hydrogen) atoms. The highest BCUT2D eigenvalue weighted by molar-refractivity contribution is 5.85. The van der Waals surface area contributed by atoms with Gasteiger partial charge >= 0.3 is 0 Å². The molecular formula is C18H28ClNO. The molecule has 0 saturated carbocycles. The molecular weight excluding hydrogens is 282 g/mol. The van der Waals surface area contributed by atoms with E-state index in [1.165, 1.54) is 0 Å². The van der Waals surface area contributed by atoms with Gasteiger partial charge in [0.2, 0.25) is 0 Å². The third-order valence-corrected chi connectivity index (χ3v) is 3.01. The fraction of sp³-hybridized carbons (Fsp3) is 0.556. The van der Waals surface area contributed by atoms with Crippen LogP contribution in [-0.4, -0.2) is 12.1 Å². The zero-order valence-electron chi connectivity index (χ0n) is 13.8. The van der Waals surface area contributed by atoms with Crippen LogP contribution < -0.4 is 10.1 Å². The van der Waals surface area contributed by atoms with Crippen LogP contribution in [0.5, 0.6) is 5.75 Å². The summed E-state index contributed by atoms with van der Waals surface area (Å²) in [6.07, 6.45) is 6.35. The summed E-state index contributed by atoms with van der Waals surface area (Å²) >= 11 is 0. The van der Waals surface area contributed by atoms with E-state index in [0.717, 1.165) is 24.3 Å². The molecule has 1 N–H and O–H groups in total. The van der Waals surface area contributed by atoms with E-state index < -0.39 is 0 Å². The predicted octanol–water partition coefficient (Wildman–Crippen LogP) is 4.42. The van der Waals surface area contributed by atoms with Crippen LogP contribution >= 0.6 is 12.4 Å². The van der Waals surface area contributed by atoms with Crippen molar-refractivity contribution in [1.82, 2.24) is 5.32 Å². The lowest BCUT2D eigenvalue weighted by Gasteiger charge is -2.33. The first-order valence-corrected chi connectivity index (χ1v) is 7.13. The second-order valence-electron chi connectivity index (χ2n) is 7.08. The van der Waals surface area contributed by atoms with Crippen molar-refractivity contribution in [1.29, 1.82) is 0 Å². The highest BCUT2D eigenvalue weighted by Crippen LogP contribution is 2.27. The van der Waals surface area contributed by atoms with Gasteiger partial charge in [-0.2, -0.15) is 0 Å². The molecule has 118 valence electrons. The molecule has 0 saturated heterocycles. The number of terminal acetylenes is 1. The highest BCUT2D eigenvalue weighted by atomic mass is 35.5. The third-order valence-electron chi connectivity index (χ3n) is 3.01. The first-order valence-electron chi connectivity index (χ1n) is 7.13. The Labute approximate surface area is 136 Å². The molecule has 0 amide bonds. The van der Waals surface area contributed by atoms with Gasteiger partial charge in [0.05, 0.1) is 0 Å². The van der Waals surface area contributed by atoms with Crippen LogP contribution in [0, 0.1) is 17.8 Å². The average Bonchev–Trinajstić information content (AvgIpc) is 2.32. The number of ether oxygens (including phenoxy) is 1. The van der Waals surface area contributed by atoms with Crippen LogP contribution in [0.4, 0.5) is 0 Å². The number of nitrogens with one attached hydrogen (secondary N) is 1. The van der Waals surface area contributed by atoms with Crippen molar-refractivity contribution in [3.8, 4) is 18.1 Å². The quantitative estimate of drug-likeness (QED) is 0.785. The van der Waals surface area contributed by atoms with Gasteiger partial charge in [0.25, 0.3) is 0 Å². The minimum Gasteiger partial charge on any atom is -0.481 e. The Hall–Kier alpha value is -1.17. The SMILES string of the molecule is C#CCOc1ccccc1CNC(C)(C)CC(C)(C)C.Cl. The van der Waals surface area contributed by atoms with Crippen molar-refractivity contribution in [2.45, 2.75) is 53.1 Å². The molecule has 0 aliphatic carbocycles. The first-order chi connectivity index (χ1) is 9.23. The molecule has 0 heterocycles.